The summed E-state index contributed by atoms with van der Waals surface area (Å²) in [5, 5.41) is 8.84. The monoisotopic (exact) mass is 283 g/mol. The summed E-state index contributed by atoms with van der Waals surface area (Å²) in [6, 6.07) is 0. The van der Waals surface area contributed by atoms with Crippen LogP contribution in [0.15, 0.2) is 0 Å². The average molecular weight is 283 g/mol. The molecule has 7 heteroatoms. The van der Waals surface area contributed by atoms with Gasteiger partial charge in [0, 0.05) is 26.1 Å². The van der Waals surface area contributed by atoms with Gasteiger partial charge in [-0.3, -0.25) is 9.59 Å². The minimum Gasteiger partial charge on any atom is -0.509 e. The largest absolute Gasteiger partial charge is 0.527 e. The van der Waals surface area contributed by atoms with Gasteiger partial charge in [-0.05, 0) is 25.6 Å². The fraction of sp³-hybridized carbons (Fsp3) is 0.846. The van der Waals surface area contributed by atoms with Crippen molar-refractivity contribution in [1.29, 1.82) is 0 Å². The van der Waals surface area contributed by atoms with E-state index in [1.807, 2.05) is 6.92 Å². The number of carbonyl (C=O) groups is 2. The summed E-state index contributed by atoms with van der Waals surface area (Å²) in [7, 11) is -0.448. The van der Waals surface area contributed by atoms with Crippen LogP contribution >= 0.6 is 0 Å². The van der Waals surface area contributed by atoms with Gasteiger partial charge >= 0.3 is 7.12 Å². The van der Waals surface area contributed by atoms with Gasteiger partial charge in [0.05, 0.1) is 12.5 Å². The van der Waals surface area contributed by atoms with E-state index in [0.717, 1.165) is 12.8 Å². The minimum atomic E-state index is -0.448. The molecule has 2 saturated heterocycles. The van der Waals surface area contributed by atoms with Gasteiger partial charge in [-0.1, -0.05) is 6.42 Å². The molecule has 2 rings (SSSR count). The Kier molecular flexibility index (Phi) is 5.42. The molecule has 0 aromatic carbocycles. The fourth-order valence-electron chi connectivity index (χ4n) is 3.01. The van der Waals surface area contributed by atoms with E-state index >= 15 is 0 Å². The maximum atomic E-state index is 12.2. The molecule has 2 heterocycles. The maximum Gasteiger partial charge on any atom is 0.527 e. The first-order chi connectivity index (χ1) is 9.65. The lowest BCUT2D eigenvalue weighted by molar-refractivity contribution is -0.142. The molecule has 2 aliphatic rings. The Morgan fingerprint density at radius 2 is 2.35 bits per heavy atom. The van der Waals surface area contributed by atoms with Crippen molar-refractivity contribution in [3.63, 3.8) is 0 Å². The van der Waals surface area contributed by atoms with Gasteiger partial charge in [0.15, 0.2) is 0 Å². The quantitative estimate of drug-likeness (QED) is 0.751. The van der Waals surface area contributed by atoms with Crippen LogP contribution in [0.4, 0.5) is 0 Å². The molecular formula is C13H22BNO5. The van der Waals surface area contributed by atoms with E-state index in [4.69, 9.17) is 14.4 Å². The van der Waals surface area contributed by atoms with Crippen molar-refractivity contribution < 1.29 is 24.0 Å². The summed E-state index contributed by atoms with van der Waals surface area (Å²) in [5.74, 6) is -0.422. The van der Waals surface area contributed by atoms with Crippen LogP contribution in [-0.4, -0.2) is 55.3 Å². The molecule has 6 nitrogen and oxygen atoms in total. The molecule has 0 aliphatic carbocycles. The lowest BCUT2D eigenvalue weighted by Gasteiger charge is -2.23. The van der Waals surface area contributed by atoms with Crippen LogP contribution in [0.2, 0.25) is 6.32 Å². The van der Waals surface area contributed by atoms with Gasteiger partial charge in [-0.2, -0.15) is 0 Å². The molecule has 0 bridgehead atoms. The normalized spacial score (nSPS) is 26.8. The van der Waals surface area contributed by atoms with Crippen molar-refractivity contribution in [1.82, 2.24) is 4.90 Å². The van der Waals surface area contributed by atoms with Crippen molar-refractivity contribution in [3.8, 4) is 0 Å². The Hall–Kier alpha value is -1.08. The first-order valence-electron chi connectivity index (χ1n) is 7.36. The van der Waals surface area contributed by atoms with Gasteiger partial charge in [-0.15, -0.1) is 0 Å². The number of rotatable bonds is 4. The highest BCUT2D eigenvalue weighted by molar-refractivity contribution is 6.46. The van der Waals surface area contributed by atoms with E-state index in [9.17, 15) is 9.59 Å². The smallest absolute Gasteiger partial charge is 0.509 e. The number of nitrogens with zero attached hydrogens (tertiary/aromatic N) is 1. The van der Waals surface area contributed by atoms with Gasteiger partial charge in [0.25, 0.3) is 5.97 Å². The van der Waals surface area contributed by atoms with Crippen molar-refractivity contribution in [2.75, 3.05) is 26.3 Å². The molecule has 1 unspecified atom stereocenters. The van der Waals surface area contributed by atoms with Crippen LogP contribution in [0.1, 0.15) is 26.2 Å². The molecule has 0 saturated carbocycles. The Labute approximate surface area is 119 Å². The van der Waals surface area contributed by atoms with E-state index in [0.29, 0.717) is 26.0 Å². The Bertz CT molecular complexity index is 365. The van der Waals surface area contributed by atoms with Crippen molar-refractivity contribution in [2.24, 2.45) is 11.8 Å². The molecule has 2 aliphatic heterocycles. The number of likely N-dealkylation sites (tertiary alicyclic amines) is 1. The van der Waals surface area contributed by atoms with Crippen LogP contribution in [0.5, 0.6) is 0 Å². The minimum absolute atomic E-state index is 0.0894. The Morgan fingerprint density at radius 1 is 1.55 bits per heavy atom. The van der Waals surface area contributed by atoms with Crippen LogP contribution in [0, 0.1) is 11.8 Å². The molecule has 2 atom stereocenters. The molecule has 2 fully saturated rings. The molecule has 0 aromatic heterocycles. The Balaban J connectivity index is 1.98. The highest BCUT2D eigenvalue weighted by atomic mass is 16.6. The summed E-state index contributed by atoms with van der Waals surface area (Å²) in [5.41, 5.74) is 0. The summed E-state index contributed by atoms with van der Waals surface area (Å²) >= 11 is 0. The predicted octanol–water partition coefficient (Wildman–Crippen LogP) is 0.305. The summed E-state index contributed by atoms with van der Waals surface area (Å²) in [4.78, 5) is 25.7. The van der Waals surface area contributed by atoms with Crippen molar-refractivity contribution >= 4 is 19.0 Å². The van der Waals surface area contributed by atoms with Gasteiger partial charge in [0.1, 0.15) is 0 Å². The first-order valence-corrected chi connectivity index (χ1v) is 7.36. The van der Waals surface area contributed by atoms with Gasteiger partial charge in [-0.25, -0.2) is 0 Å². The second-order valence-electron chi connectivity index (χ2n) is 5.39. The maximum absolute atomic E-state index is 12.2. The molecule has 0 spiro atoms. The SMILES string of the molecule is CCOB1CCCC2CN(C(=O)CCO)C[C@H]2C(=O)O1. The van der Waals surface area contributed by atoms with E-state index in [1.165, 1.54) is 0 Å². The number of aliphatic hydroxyl groups excluding tert-OH is 1. The molecule has 0 aromatic rings. The second kappa shape index (κ2) is 7.08. The lowest BCUT2D eigenvalue weighted by atomic mass is 9.77. The molecule has 1 amide bonds. The third-order valence-electron chi connectivity index (χ3n) is 4.04. The van der Waals surface area contributed by atoms with Crippen LogP contribution in [0.25, 0.3) is 0 Å². The van der Waals surface area contributed by atoms with Crippen LogP contribution in [-0.2, 0) is 18.9 Å². The van der Waals surface area contributed by atoms with Gasteiger partial charge < -0.3 is 19.3 Å². The third kappa shape index (κ3) is 3.52. The number of fused-ring (bicyclic) bond motifs is 1. The molecule has 20 heavy (non-hydrogen) atoms. The topological polar surface area (TPSA) is 76.1 Å². The zero-order valence-electron chi connectivity index (χ0n) is 11.9. The highest BCUT2D eigenvalue weighted by Gasteiger charge is 2.42. The zero-order chi connectivity index (χ0) is 14.5. The van der Waals surface area contributed by atoms with Gasteiger partial charge in [0.2, 0.25) is 5.91 Å². The van der Waals surface area contributed by atoms with E-state index in [1.54, 1.807) is 4.90 Å². The van der Waals surface area contributed by atoms with Crippen molar-refractivity contribution in [2.45, 2.75) is 32.5 Å². The number of hydrogen-bond donors (Lipinski definition) is 1. The highest BCUT2D eigenvalue weighted by Crippen LogP contribution is 2.32. The third-order valence-corrected chi connectivity index (χ3v) is 4.04. The standard InChI is InChI=1S/C13H22BNO5/c1-2-19-14-6-3-4-10-8-15(12(17)5-7-16)9-11(10)13(18)20-14/h10-11,16H,2-9H2,1H3/t10?,11-/m1/s1. The molecular weight excluding hydrogens is 261 g/mol. The summed E-state index contributed by atoms with van der Waals surface area (Å²) in [6.45, 7) is 3.24. The number of amides is 1. The zero-order valence-corrected chi connectivity index (χ0v) is 11.9. The van der Waals surface area contributed by atoms with Crippen LogP contribution < -0.4 is 0 Å². The molecule has 1 N–H and O–H groups in total. The Morgan fingerprint density at radius 3 is 3.05 bits per heavy atom. The predicted molar refractivity (Wildman–Crippen MR) is 72.8 cm³/mol. The summed E-state index contributed by atoms with van der Waals surface area (Å²) in [6.07, 6.45) is 2.68. The number of carbonyl (C=O) groups excluding carboxylic acids is 2. The first kappa shape index (κ1) is 15.3. The molecule has 0 radical (unpaired) electrons. The lowest BCUT2D eigenvalue weighted by Crippen LogP contribution is -2.35. The average Bonchev–Trinajstić information content (AvgIpc) is 2.81. The van der Waals surface area contributed by atoms with Crippen molar-refractivity contribution in [3.05, 3.63) is 0 Å². The molecule has 112 valence electrons. The second-order valence-corrected chi connectivity index (χ2v) is 5.39. The van der Waals surface area contributed by atoms with E-state index in [-0.39, 0.29) is 36.7 Å². The number of hydrogen-bond acceptors (Lipinski definition) is 5. The van der Waals surface area contributed by atoms with Crippen LogP contribution in [0.3, 0.4) is 0 Å². The summed E-state index contributed by atoms with van der Waals surface area (Å²) < 4.78 is 10.8. The van der Waals surface area contributed by atoms with E-state index in [2.05, 4.69) is 0 Å². The number of aliphatic hydroxyl groups is 1. The van der Waals surface area contributed by atoms with E-state index < -0.39 is 7.12 Å². The fourth-order valence-corrected chi connectivity index (χ4v) is 3.01.